The van der Waals surface area contributed by atoms with Crippen molar-refractivity contribution in [3.8, 4) is 0 Å². The number of fused-ring (bicyclic) bond motifs is 1. The summed E-state index contributed by atoms with van der Waals surface area (Å²) in [6, 6.07) is 6.34. The molecular weight excluding hydrogens is 248 g/mol. The van der Waals surface area contributed by atoms with E-state index in [4.69, 9.17) is 0 Å². The van der Waals surface area contributed by atoms with Crippen LogP contribution < -0.4 is 10.6 Å². The summed E-state index contributed by atoms with van der Waals surface area (Å²) in [6.45, 7) is 2.11. The van der Waals surface area contributed by atoms with Crippen molar-refractivity contribution in [1.82, 2.24) is 5.32 Å². The molecule has 0 atom stereocenters. The van der Waals surface area contributed by atoms with Crippen LogP contribution in [-0.2, 0) is 17.6 Å². The van der Waals surface area contributed by atoms with Crippen LogP contribution in [0.15, 0.2) is 18.2 Å². The van der Waals surface area contributed by atoms with Crippen molar-refractivity contribution in [2.45, 2.75) is 44.9 Å². The van der Waals surface area contributed by atoms with Crippen LogP contribution in [0.5, 0.6) is 0 Å². The second-order valence-electron chi connectivity index (χ2n) is 6.10. The molecule has 0 radical (unpaired) electrons. The molecular formula is C17H24N2O. The van der Waals surface area contributed by atoms with Crippen molar-refractivity contribution in [2.24, 2.45) is 5.92 Å². The SMILES string of the molecule is O=C(CC1CCNCC1)Nc1cccc2c1CCCC2. The van der Waals surface area contributed by atoms with Gasteiger partial charge in [-0.15, -0.1) is 0 Å². The van der Waals surface area contributed by atoms with Crippen LogP contribution in [-0.4, -0.2) is 19.0 Å². The third-order valence-corrected chi connectivity index (χ3v) is 4.60. The van der Waals surface area contributed by atoms with Gasteiger partial charge in [-0.05, 0) is 74.7 Å². The molecule has 3 heteroatoms. The Labute approximate surface area is 121 Å². The third-order valence-electron chi connectivity index (χ3n) is 4.60. The summed E-state index contributed by atoms with van der Waals surface area (Å²) >= 11 is 0. The fourth-order valence-electron chi connectivity index (χ4n) is 3.45. The molecule has 0 spiro atoms. The van der Waals surface area contributed by atoms with E-state index in [2.05, 4.69) is 28.8 Å². The average Bonchev–Trinajstić information content (AvgIpc) is 2.48. The maximum Gasteiger partial charge on any atom is 0.224 e. The monoisotopic (exact) mass is 272 g/mol. The van der Waals surface area contributed by atoms with Gasteiger partial charge in [-0.3, -0.25) is 4.79 Å². The summed E-state index contributed by atoms with van der Waals surface area (Å²) < 4.78 is 0. The standard InChI is InChI=1S/C17H24N2O/c20-17(12-13-8-10-18-11-9-13)19-16-7-3-5-14-4-1-2-6-15(14)16/h3,5,7,13,18H,1-2,4,6,8-12H2,(H,19,20). The lowest BCUT2D eigenvalue weighted by Gasteiger charge is -2.23. The van der Waals surface area contributed by atoms with Gasteiger partial charge in [-0.25, -0.2) is 0 Å². The van der Waals surface area contributed by atoms with E-state index in [0.29, 0.717) is 12.3 Å². The number of amides is 1. The van der Waals surface area contributed by atoms with Gasteiger partial charge in [-0.2, -0.15) is 0 Å². The molecule has 1 heterocycles. The maximum atomic E-state index is 12.2. The van der Waals surface area contributed by atoms with Crippen molar-refractivity contribution in [3.05, 3.63) is 29.3 Å². The summed E-state index contributed by atoms with van der Waals surface area (Å²) in [5, 5.41) is 6.50. The molecule has 1 saturated heterocycles. The van der Waals surface area contributed by atoms with Gasteiger partial charge in [0.2, 0.25) is 5.91 Å². The van der Waals surface area contributed by atoms with Gasteiger partial charge in [0.15, 0.2) is 0 Å². The van der Waals surface area contributed by atoms with Gasteiger partial charge in [0.1, 0.15) is 0 Å². The molecule has 2 aliphatic rings. The number of carbonyl (C=O) groups is 1. The molecule has 1 fully saturated rings. The lowest BCUT2D eigenvalue weighted by molar-refractivity contribution is -0.117. The second-order valence-corrected chi connectivity index (χ2v) is 6.10. The van der Waals surface area contributed by atoms with Crippen LogP contribution in [0.3, 0.4) is 0 Å². The molecule has 3 nitrogen and oxygen atoms in total. The second kappa shape index (κ2) is 6.40. The van der Waals surface area contributed by atoms with Crippen LogP contribution in [0, 0.1) is 5.92 Å². The number of anilines is 1. The summed E-state index contributed by atoms with van der Waals surface area (Å²) in [5.74, 6) is 0.742. The topological polar surface area (TPSA) is 41.1 Å². The van der Waals surface area contributed by atoms with Crippen LogP contribution in [0.2, 0.25) is 0 Å². The zero-order valence-corrected chi connectivity index (χ0v) is 12.1. The smallest absolute Gasteiger partial charge is 0.224 e. The highest BCUT2D eigenvalue weighted by Gasteiger charge is 2.18. The van der Waals surface area contributed by atoms with Crippen molar-refractivity contribution in [3.63, 3.8) is 0 Å². The molecule has 0 bridgehead atoms. The van der Waals surface area contributed by atoms with E-state index in [1.54, 1.807) is 0 Å². The lowest BCUT2D eigenvalue weighted by Crippen LogP contribution is -2.30. The van der Waals surface area contributed by atoms with Gasteiger partial charge < -0.3 is 10.6 Å². The predicted molar refractivity (Wildman–Crippen MR) is 81.9 cm³/mol. The molecule has 2 N–H and O–H groups in total. The molecule has 1 aliphatic heterocycles. The van der Waals surface area contributed by atoms with Gasteiger partial charge in [0, 0.05) is 12.1 Å². The summed E-state index contributed by atoms with van der Waals surface area (Å²) in [6.07, 6.45) is 7.71. The Morgan fingerprint density at radius 1 is 1.20 bits per heavy atom. The number of rotatable bonds is 3. The first-order valence-electron chi connectivity index (χ1n) is 7.94. The fraction of sp³-hybridized carbons (Fsp3) is 0.588. The van der Waals surface area contributed by atoms with E-state index in [9.17, 15) is 4.79 Å². The Morgan fingerprint density at radius 2 is 2.00 bits per heavy atom. The predicted octanol–water partition coefficient (Wildman–Crippen LogP) is 2.89. The normalized spacial score (nSPS) is 19.4. The van der Waals surface area contributed by atoms with Gasteiger partial charge in [0.05, 0.1) is 0 Å². The zero-order valence-electron chi connectivity index (χ0n) is 12.1. The van der Waals surface area contributed by atoms with E-state index in [0.717, 1.165) is 44.5 Å². The molecule has 108 valence electrons. The van der Waals surface area contributed by atoms with Crippen LogP contribution in [0.25, 0.3) is 0 Å². The van der Waals surface area contributed by atoms with E-state index < -0.39 is 0 Å². The number of nitrogens with one attached hydrogen (secondary N) is 2. The van der Waals surface area contributed by atoms with E-state index in [1.807, 2.05) is 0 Å². The Morgan fingerprint density at radius 3 is 2.85 bits per heavy atom. The molecule has 20 heavy (non-hydrogen) atoms. The molecule has 1 aromatic rings. The van der Waals surface area contributed by atoms with Gasteiger partial charge in [-0.1, -0.05) is 12.1 Å². The van der Waals surface area contributed by atoms with E-state index in [1.165, 1.54) is 24.0 Å². The van der Waals surface area contributed by atoms with Crippen LogP contribution >= 0.6 is 0 Å². The number of benzene rings is 1. The first-order chi connectivity index (χ1) is 9.83. The van der Waals surface area contributed by atoms with Gasteiger partial charge in [0.25, 0.3) is 0 Å². The Balaban J connectivity index is 1.63. The first-order valence-corrected chi connectivity index (χ1v) is 7.94. The minimum atomic E-state index is 0.191. The number of piperidine rings is 1. The number of aryl methyl sites for hydroxylation is 1. The van der Waals surface area contributed by atoms with E-state index in [-0.39, 0.29) is 5.91 Å². The lowest BCUT2D eigenvalue weighted by atomic mass is 9.90. The summed E-state index contributed by atoms with van der Waals surface area (Å²) in [4.78, 5) is 12.2. The fourth-order valence-corrected chi connectivity index (χ4v) is 3.45. The molecule has 0 saturated carbocycles. The van der Waals surface area contributed by atoms with E-state index >= 15 is 0 Å². The molecule has 1 aliphatic carbocycles. The highest BCUT2D eigenvalue weighted by molar-refractivity contribution is 5.91. The molecule has 3 rings (SSSR count). The Kier molecular flexibility index (Phi) is 4.36. The summed E-state index contributed by atoms with van der Waals surface area (Å²) in [7, 11) is 0. The minimum Gasteiger partial charge on any atom is -0.326 e. The van der Waals surface area contributed by atoms with Crippen LogP contribution in [0.4, 0.5) is 5.69 Å². The largest absolute Gasteiger partial charge is 0.326 e. The highest BCUT2D eigenvalue weighted by atomic mass is 16.1. The Bertz CT molecular complexity index is 478. The number of hydrogen-bond donors (Lipinski definition) is 2. The van der Waals surface area contributed by atoms with Gasteiger partial charge >= 0.3 is 0 Å². The highest BCUT2D eigenvalue weighted by Crippen LogP contribution is 2.28. The molecule has 0 unspecified atom stereocenters. The average molecular weight is 272 g/mol. The van der Waals surface area contributed by atoms with Crippen molar-refractivity contribution in [2.75, 3.05) is 18.4 Å². The van der Waals surface area contributed by atoms with Crippen molar-refractivity contribution < 1.29 is 4.79 Å². The number of hydrogen-bond acceptors (Lipinski definition) is 2. The van der Waals surface area contributed by atoms with Crippen LogP contribution in [0.1, 0.15) is 43.2 Å². The quantitative estimate of drug-likeness (QED) is 0.888. The Hall–Kier alpha value is -1.35. The minimum absolute atomic E-state index is 0.191. The molecule has 0 aromatic heterocycles. The zero-order chi connectivity index (χ0) is 13.8. The number of carbonyl (C=O) groups excluding carboxylic acids is 1. The molecule has 1 aromatic carbocycles. The third kappa shape index (κ3) is 3.21. The summed E-state index contributed by atoms with van der Waals surface area (Å²) in [5.41, 5.74) is 3.86. The van der Waals surface area contributed by atoms with Crippen molar-refractivity contribution in [1.29, 1.82) is 0 Å². The molecule has 1 amide bonds. The first kappa shape index (κ1) is 13.6. The van der Waals surface area contributed by atoms with Crippen molar-refractivity contribution >= 4 is 11.6 Å². The maximum absolute atomic E-state index is 12.2.